The number of rotatable bonds is 4. The van der Waals surface area contributed by atoms with E-state index < -0.39 is 10.0 Å². The maximum atomic E-state index is 13.1. The predicted molar refractivity (Wildman–Crippen MR) is 102 cm³/mol. The van der Waals surface area contributed by atoms with Gasteiger partial charge < -0.3 is 5.32 Å². The van der Waals surface area contributed by atoms with Gasteiger partial charge in [-0.3, -0.25) is 0 Å². The number of hydrogen-bond donors (Lipinski definition) is 1. The molecule has 1 heterocycles. The fourth-order valence-corrected chi connectivity index (χ4v) is 5.28. The highest BCUT2D eigenvalue weighted by molar-refractivity contribution is 7.89. The summed E-state index contributed by atoms with van der Waals surface area (Å²) in [6.45, 7) is 1.99. The van der Waals surface area contributed by atoms with E-state index in [0.29, 0.717) is 34.3 Å². The molecule has 1 saturated heterocycles. The van der Waals surface area contributed by atoms with Crippen LogP contribution in [0.2, 0.25) is 5.02 Å². The van der Waals surface area contributed by atoms with Gasteiger partial charge >= 0.3 is 0 Å². The van der Waals surface area contributed by atoms with Crippen LogP contribution in [0.4, 0.5) is 0 Å². The fourth-order valence-electron chi connectivity index (χ4n) is 3.30. The predicted octanol–water partition coefficient (Wildman–Crippen LogP) is 3.54. The van der Waals surface area contributed by atoms with E-state index >= 15 is 0 Å². The molecule has 0 saturated carbocycles. The van der Waals surface area contributed by atoms with Crippen LogP contribution in [0.1, 0.15) is 12.8 Å². The van der Waals surface area contributed by atoms with Crippen molar-refractivity contribution in [2.75, 3.05) is 26.7 Å². The lowest BCUT2D eigenvalue weighted by Crippen LogP contribution is -2.42. The van der Waals surface area contributed by atoms with Crippen molar-refractivity contribution in [2.24, 2.45) is 5.92 Å². The van der Waals surface area contributed by atoms with E-state index in [2.05, 4.69) is 5.32 Å². The number of fused-ring (bicyclic) bond motifs is 1. The lowest BCUT2D eigenvalue weighted by molar-refractivity contribution is 0.263. The highest BCUT2D eigenvalue weighted by Crippen LogP contribution is 2.32. The van der Waals surface area contributed by atoms with Crippen molar-refractivity contribution in [2.45, 2.75) is 17.7 Å². The minimum Gasteiger partial charge on any atom is -0.319 e. The van der Waals surface area contributed by atoms with Crippen LogP contribution in [0.15, 0.2) is 41.3 Å². The largest absolute Gasteiger partial charge is 0.319 e. The van der Waals surface area contributed by atoms with Crippen molar-refractivity contribution in [3.05, 3.63) is 41.4 Å². The summed E-state index contributed by atoms with van der Waals surface area (Å²) in [7, 11) is -1.61. The quantitative estimate of drug-likeness (QED) is 0.870. The molecule has 4 nitrogen and oxygen atoms in total. The molecule has 2 aromatic rings. The smallest absolute Gasteiger partial charge is 0.243 e. The molecule has 2 aromatic carbocycles. The number of nitrogens with zero attached hydrogens (tertiary/aromatic N) is 1. The van der Waals surface area contributed by atoms with E-state index in [1.165, 1.54) is 0 Å². The van der Waals surface area contributed by atoms with Crippen molar-refractivity contribution in [1.29, 1.82) is 0 Å². The molecular formula is C17H22Cl2N2O2S. The average Bonchev–Trinajstić information content (AvgIpc) is 2.56. The van der Waals surface area contributed by atoms with Gasteiger partial charge in [0.05, 0.1) is 4.90 Å². The average molecular weight is 389 g/mol. The summed E-state index contributed by atoms with van der Waals surface area (Å²) in [6, 6.07) is 10.7. The lowest BCUT2D eigenvalue weighted by atomic mass is 10.00. The van der Waals surface area contributed by atoms with E-state index in [-0.39, 0.29) is 12.4 Å². The first-order chi connectivity index (χ1) is 11.0. The Balaban J connectivity index is 0.00000208. The summed E-state index contributed by atoms with van der Waals surface area (Å²) in [5.41, 5.74) is 0. The van der Waals surface area contributed by atoms with E-state index in [9.17, 15) is 8.42 Å². The molecule has 3 rings (SSSR count). The zero-order valence-electron chi connectivity index (χ0n) is 13.5. The summed E-state index contributed by atoms with van der Waals surface area (Å²) in [5.74, 6) is 0.363. The van der Waals surface area contributed by atoms with Crippen molar-refractivity contribution in [3.8, 4) is 0 Å². The van der Waals surface area contributed by atoms with Crippen molar-refractivity contribution in [1.82, 2.24) is 9.62 Å². The second kappa shape index (κ2) is 8.02. The van der Waals surface area contributed by atoms with E-state index in [0.717, 1.165) is 24.8 Å². The number of halogens is 2. The second-order valence-electron chi connectivity index (χ2n) is 6.02. The summed E-state index contributed by atoms with van der Waals surface area (Å²) < 4.78 is 27.9. The first-order valence-corrected chi connectivity index (χ1v) is 9.68. The van der Waals surface area contributed by atoms with Crippen molar-refractivity contribution < 1.29 is 8.42 Å². The van der Waals surface area contributed by atoms with Gasteiger partial charge in [-0.1, -0.05) is 35.9 Å². The van der Waals surface area contributed by atoms with Gasteiger partial charge in [-0.25, -0.2) is 8.42 Å². The van der Waals surface area contributed by atoms with Gasteiger partial charge in [-0.2, -0.15) is 4.31 Å². The molecule has 0 radical (unpaired) electrons. The standard InChI is InChI=1S/C17H21ClN2O2S.ClH/c1-19-11-13-5-4-10-20(12-13)23(21,22)17-9-8-16(18)14-6-2-3-7-15(14)17;/h2-3,6-9,13,19H,4-5,10-12H2,1H3;1H. The molecule has 1 fully saturated rings. The molecule has 1 atom stereocenters. The summed E-state index contributed by atoms with van der Waals surface area (Å²) in [4.78, 5) is 0.350. The molecule has 7 heteroatoms. The number of hydrogen-bond acceptors (Lipinski definition) is 3. The molecule has 0 spiro atoms. The van der Waals surface area contributed by atoms with Gasteiger partial charge in [0, 0.05) is 28.9 Å². The SMILES string of the molecule is CNCC1CCCN(S(=O)(=O)c2ccc(Cl)c3ccccc23)C1.Cl. The number of nitrogens with one attached hydrogen (secondary N) is 1. The Labute approximate surface area is 154 Å². The third kappa shape index (κ3) is 3.70. The summed E-state index contributed by atoms with van der Waals surface area (Å²) >= 11 is 6.21. The van der Waals surface area contributed by atoms with Crippen LogP contribution >= 0.6 is 24.0 Å². The maximum Gasteiger partial charge on any atom is 0.243 e. The van der Waals surface area contributed by atoms with Crippen LogP contribution in [0.5, 0.6) is 0 Å². The Morgan fingerprint density at radius 1 is 1.21 bits per heavy atom. The third-order valence-corrected chi connectivity index (χ3v) is 6.68. The Kier molecular flexibility index (Phi) is 6.51. The van der Waals surface area contributed by atoms with Crippen LogP contribution in [0, 0.1) is 5.92 Å². The summed E-state index contributed by atoms with van der Waals surface area (Å²) in [5, 5.41) is 5.19. The van der Waals surface area contributed by atoms with Gasteiger partial charge in [0.1, 0.15) is 0 Å². The third-order valence-electron chi connectivity index (χ3n) is 4.42. The van der Waals surface area contributed by atoms with E-state index in [1.807, 2.05) is 31.3 Å². The zero-order chi connectivity index (χ0) is 16.4. The monoisotopic (exact) mass is 388 g/mol. The molecule has 24 heavy (non-hydrogen) atoms. The molecule has 1 aliphatic heterocycles. The highest BCUT2D eigenvalue weighted by atomic mass is 35.5. The minimum atomic E-state index is -3.51. The van der Waals surface area contributed by atoms with Crippen LogP contribution in [0.3, 0.4) is 0 Å². The minimum absolute atomic E-state index is 0. The molecule has 0 amide bonds. The van der Waals surface area contributed by atoms with E-state index in [1.54, 1.807) is 16.4 Å². The highest BCUT2D eigenvalue weighted by Gasteiger charge is 2.31. The molecule has 0 bridgehead atoms. The van der Waals surface area contributed by atoms with Gasteiger partial charge in [-0.15, -0.1) is 12.4 Å². The molecule has 0 aromatic heterocycles. The first-order valence-electron chi connectivity index (χ1n) is 7.86. The number of piperidine rings is 1. The van der Waals surface area contributed by atoms with Gasteiger partial charge in [0.25, 0.3) is 0 Å². The Morgan fingerprint density at radius 2 is 1.92 bits per heavy atom. The fraction of sp³-hybridized carbons (Fsp3) is 0.412. The Hall–Kier alpha value is -0.850. The normalized spacial score (nSPS) is 19.2. The molecule has 1 N–H and O–H groups in total. The maximum absolute atomic E-state index is 13.1. The van der Waals surface area contributed by atoms with Crippen LogP contribution in [-0.4, -0.2) is 39.4 Å². The molecular weight excluding hydrogens is 367 g/mol. The Morgan fingerprint density at radius 3 is 2.62 bits per heavy atom. The zero-order valence-corrected chi connectivity index (χ0v) is 15.9. The van der Waals surface area contributed by atoms with Gasteiger partial charge in [0.15, 0.2) is 0 Å². The van der Waals surface area contributed by atoms with Crippen LogP contribution in [-0.2, 0) is 10.0 Å². The topological polar surface area (TPSA) is 49.4 Å². The summed E-state index contributed by atoms with van der Waals surface area (Å²) in [6.07, 6.45) is 1.96. The molecule has 1 aliphatic rings. The van der Waals surface area contributed by atoms with Crippen molar-refractivity contribution >= 4 is 44.8 Å². The van der Waals surface area contributed by atoms with Crippen LogP contribution < -0.4 is 5.32 Å². The van der Waals surface area contributed by atoms with Crippen molar-refractivity contribution in [3.63, 3.8) is 0 Å². The van der Waals surface area contributed by atoms with E-state index in [4.69, 9.17) is 11.6 Å². The Bertz CT molecular complexity index is 809. The van der Waals surface area contributed by atoms with Gasteiger partial charge in [-0.05, 0) is 44.5 Å². The van der Waals surface area contributed by atoms with Gasteiger partial charge in [0.2, 0.25) is 10.0 Å². The molecule has 132 valence electrons. The molecule has 1 unspecified atom stereocenters. The lowest BCUT2D eigenvalue weighted by Gasteiger charge is -2.32. The molecule has 0 aliphatic carbocycles. The number of benzene rings is 2. The second-order valence-corrected chi connectivity index (χ2v) is 8.33. The van der Waals surface area contributed by atoms with Crippen LogP contribution in [0.25, 0.3) is 10.8 Å². The number of sulfonamides is 1. The first kappa shape index (κ1) is 19.5.